The summed E-state index contributed by atoms with van der Waals surface area (Å²) in [5.41, 5.74) is 5.77. The summed E-state index contributed by atoms with van der Waals surface area (Å²) in [4.78, 5) is 14.1. The van der Waals surface area contributed by atoms with E-state index in [-0.39, 0.29) is 18.2 Å². The zero-order valence-corrected chi connectivity index (χ0v) is 12.3. The van der Waals surface area contributed by atoms with Crippen LogP contribution in [0.2, 0.25) is 0 Å². The molecule has 0 aromatic rings. The lowest BCUT2D eigenvalue weighted by Crippen LogP contribution is -2.59. The Bertz CT molecular complexity index is 317. The van der Waals surface area contributed by atoms with Gasteiger partial charge >= 0.3 is 6.09 Å². The molecule has 2 saturated heterocycles. The van der Waals surface area contributed by atoms with Crippen molar-refractivity contribution < 1.29 is 9.53 Å². The van der Waals surface area contributed by atoms with E-state index in [1.54, 1.807) is 0 Å². The molecule has 1 amide bonds. The number of rotatable bonds is 0. The van der Waals surface area contributed by atoms with Crippen LogP contribution in [0.25, 0.3) is 0 Å². The van der Waals surface area contributed by atoms with Crippen molar-refractivity contribution in [1.29, 1.82) is 0 Å². The van der Waals surface area contributed by atoms with Gasteiger partial charge in [-0.15, -0.1) is 0 Å². The molecule has 0 radical (unpaired) electrons. The first-order valence-corrected chi connectivity index (χ1v) is 7.87. The second kappa shape index (κ2) is 5.29. The number of carbonyl (C=O) groups excluding carboxylic acids is 1. The third-order valence-electron chi connectivity index (χ3n) is 3.66. The summed E-state index contributed by atoms with van der Waals surface area (Å²) < 4.78 is 5.50. The minimum absolute atomic E-state index is 0.174. The van der Waals surface area contributed by atoms with Crippen molar-refractivity contribution in [3.8, 4) is 0 Å². The Balaban J connectivity index is 2.05. The highest BCUT2D eigenvalue weighted by Crippen LogP contribution is 2.34. The summed E-state index contributed by atoms with van der Waals surface area (Å²) in [6.45, 7) is 6.47. The smallest absolute Gasteiger partial charge is 0.410 e. The molecule has 2 fully saturated rings. The lowest BCUT2D eigenvalue weighted by atomic mass is 9.84. The van der Waals surface area contributed by atoms with E-state index >= 15 is 0 Å². The highest BCUT2D eigenvalue weighted by atomic mass is 32.2. The van der Waals surface area contributed by atoms with Gasteiger partial charge in [-0.05, 0) is 45.3 Å². The van der Waals surface area contributed by atoms with Crippen molar-refractivity contribution in [2.75, 3.05) is 18.1 Å². The molecule has 5 heteroatoms. The first kappa shape index (κ1) is 14.0. The van der Waals surface area contributed by atoms with Crippen LogP contribution < -0.4 is 5.73 Å². The van der Waals surface area contributed by atoms with Crippen molar-refractivity contribution in [2.45, 2.75) is 51.3 Å². The second-order valence-electron chi connectivity index (χ2n) is 6.22. The van der Waals surface area contributed by atoms with Gasteiger partial charge in [0.15, 0.2) is 0 Å². The van der Waals surface area contributed by atoms with Crippen LogP contribution in [0.1, 0.15) is 33.6 Å². The topological polar surface area (TPSA) is 55.6 Å². The molecule has 3 unspecified atom stereocenters. The van der Waals surface area contributed by atoms with Gasteiger partial charge in [-0.2, -0.15) is 11.8 Å². The summed E-state index contributed by atoms with van der Waals surface area (Å²) in [5, 5.41) is 0. The van der Waals surface area contributed by atoms with Crippen LogP contribution in [0.5, 0.6) is 0 Å². The zero-order valence-electron chi connectivity index (χ0n) is 11.5. The standard InChI is InChI=1S/C13H24N2O2S/c1-13(2,3)17-12(16)15-6-4-10(14)9-5-7-18-8-11(9)15/h9-11H,4-8,14H2,1-3H3. The number of nitrogens with zero attached hydrogens (tertiary/aromatic N) is 1. The molecule has 0 aliphatic carbocycles. The van der Waals surface area contributed by atoms with Crippen LogP contribution in [-0.2, 0) is 4.74 Å². The maximum Gasteiger partial charge on any atom is 0.410 e. The van der Waals surface area contributed by atoms with Crippen molar-refractivity contribution in [1.82, 2.24) is 4.90 Å². The van der Waals surface area contributed by atoms with Gasteiger partial charge in [0.2, 0.25) is 0 Å². The zero-order chi connectivity index (χ0) is 13.3. The van der Waals surface area contributed by atoms with Gasteiger partial charge in [-0.3, -0.25) is 0 Å². The van der Waals surface area contributed by atoms with Crippen LogP contribution in [0, 0.1) is 5.92 Å². The van der Waals surface area contributed by atoms with Crippen LogP contribution in [-0.4, -0.2) is 46.7 Å². The molecule has 3 atom stereocenters. The quantitative estimate of drug-likeness (QED) is 0.733. The Morgan fingerprint density at radius 3 is 2.78 bits per heavy atom. The van der Waals surface area contributed by atoms with E-state index in [2.05, 4.69) is 0 Å². The Morgan fingerprint density at radius 2 is 2.11 bits per heavy atom. The predicted molar refractivity (Wildman–Crippen MR) is 74.8 cm³/mol. The first-order valence-electron chi connectivity index (χ1n) is 6.71. The molecule has 0 aromatic heterocycles. The van der Waals surface area contributed by atoms with E-state index in [4.69, 9.17) is 10.5 Å². The van der Waals surface area contributed by atoms with Gasteiger partial charge in [-0.25, -0.2) is 4.79 Å². The number of fused-ring (bicyclic) bond motifs is 1. The molecule has 4 nitrogen and oxygen atoms in total. The Hall–Kier alpha value is -0.420. The summed E-state index contributed by atoms with van der Waals surface area (Å²) in [6.07, 6.45) is 1.84. The van der Waals surface area contributed by atoms with E-state index in [0.717, 1.165) is 30.9 Å². The highest BCUT2D eigenvalue weighted by Gasteiger charge is 2.41. The van der Waals surface area contributed by atoms with Crippen LogP contribution in [0.4, 0.5) is 4.79 Å². The van der Waals surface area contributed by atoms with Crippen molar-refractivity contribution in [3.05, 3.63) is 0 Å². The Kier molecular flexibility index (Phi) is 4.11. The number of hydrogen-bond acceptors (Lipinski definition) is 4. The number of nitrogens with two attached hydrogens (primary N) is 1. The molecule has 104 valence electrons. The summed E-state index contributed by atoms with van der Waals surface area (Å²) in [7, 11) is 0. The molecular formula is C13H24N2O2S. The molecule has 2 N–H and O–H groups in total. The molecule has 0 aromatic carbocycles. The number of piperidine rings is 1. The molecular weight excluding hydrogens is 248 g/mol. The lowest BCUT2D eigenvalue weighted by molar-refractivity contribution is 0.00000551. The van der Waals surface area contributed by atoms with Crippen LogP contribution >= 0.6 is 11.8 Å². The van der Waals surface area contributed by atoms with E-state index in [1.165, 1.54) is 0 Å². The lowest BCUT2D eigenvalue weighted by Gasteiger charge is -2.46. The van der Waals surface area contributed by atoms with Crippen LogP contribution in [0.15, 0.2) is 0 Å². The average Bonchev–Trinajstić information content (AvgIpc) is 2.27. The third kappa shape index (κ3) is 3.12. The molecule has 0 bridgehead atoms. The number of carbonyl (C=O) groups is 1. The van der Waals surface area contributed by atoms with Gasteiger partial charge < -0.3 is 15.4 Å². The van der Waals surface area contributed by atoms with Crippen molar-refractivity contribution in [2.24, 2.45) is 11.7 Å². The number of likely N-dealkylation sites (tertiary alicyclic amines) is 1. The molecule has 0 saturated carbocycles. The van der Waals surface area contributed by atoms with E-state index in [0.29, 0.717) is 5.92 Å². The fourth-order valence-corrected chi connectivity index (χ4v) is 4.05. The summed E-state index contributed by atoms with van der Waals surface area (Å²) in [5.74, 6) is 2.61. The minimum atomic E-state index is -0.423. The summed E-state index contributed by atoms with van der Waals surface area (Å²) >= 11 is 1.92. The third-order valence-corrected chi connectivity index (χ3v) is 4.76. The maximum atomic E-state index is 12.2. The predicted octanol–water partition coefficient (Wildman–Crippen LogP) is 2.08. The maximum absolute atomic E-state index is 12.2. The van der Waals surface area contributed by atoms with Gasteiger partial charge in [0.25, 0.3) is 0 Å². The molecule has 2 aliphatic heterocycles. The Labute approximate surface area is 114 Å². The van der Waals surface area contributed by atoms with Gasteiger partial charge in [0.1, 0.15) is 5.60 Å². The number of ether oxygens (including phenoxy) is 1. The van der Waals surface area contributed by atoms with Gasteiger partial charge in [0, 0.05) is 24.4 Å². The Morgan fingerprint density at radius 1 is 1.39 bits per heavy atom. The number of amides is 1. The molecule has 18 heavy (non-hydrogen) atoms. The minimum Gasteiger partial charge on any atom is -0.444 e. The molecule has 2 rings (SSSR count). The van der Waals surface area contributed by atoms with Gasteiger partial charge in [0.05, 0.1) is 0 Å². The van der Waals surface area contributed by atoms with E-state index in [9.17, 15) is 4.79 Å². The SMILES string of the molecule is CC(C)(C)OC(=O)N1CCC(N)C2CCSCC21. The van der Waals surface area contributed by atoms with Gasteiger partial charge in [-0.1, -0.05) is 0 Å². The first-order chi connectivity index (χ1) is 8.38. The fourth-order valence-electron chi connectivity index (χ4n) is 2.78. The fraction of sp³-hybridized carbons (Fsp3) is 0.923. The monoisotopic (exact) mass is 272 g/mol. The van der Waals surface area contributed by atoms with Crippen LogP contribution in [0.3, 0.4) is 0 Å². The van der Waals surface area contributed by atoms with E-state index < -0.39 is 5.60 Å². The van der Waals surface area contributed by atoms with Crippen molar-refractivity contribution in [3.63, 3.8) is 0 Å². The van der Waals surface area contributed by atoms with Crippen molar-refractivity contribution >= 4 is 17.9 Å². The summed E-state index contributed by atoms with van der Waals surface area (Å²) in [6, 6.07) is 0.511. The van der Waals surface area contributed by atoms with E-state index in [1.807, 2.05) is 37.4 Å². The second-order valence-corrected chi connectivity index (χ2v) is 7.37. The highest BCUT2D eigenvalue weighted by molar-refractivity contribution is 7.99. The number of hydrogen-bond donors (Lipinski definition) is 1. The number of thioether (sulfide) groups is 1. The molecule has 2 aliphatic rings. The normalized spacial score (nSPS) is 32.9. The molecule has 2 heterocycles. The average molecular weight is 272 g/mol. The largest absolute Gasteiger partial charge is 0.444 e. The molecule has 0 spiro atoms.